The fraction of sp³-hybridized carbons (Fsp3) is 0.364. The van der Waals surface area contributed by atoms with E-state index in [-0.39, 0.29) is 5.91 Å². The molecule has 7 heteroatoms. The fourth-order valence-electron chi connectivity index (χ4n) is 3.46. The van der Waals surface area contributed by atoms with Gasteiger partial charge in [0.25, 0.3) is 0 Å². The van der Waals surface area contributed by atoms with E-state index >= 15 is 0 Å². The second-order valence-corrected chi connectivity index (χ2v) is 10.2. The molecule has 1 fully saturated rings. The topological polar surface area (TPSA) is 36.4 Å². The lowest BCUT2D eigenvalue weighted by Crippen LogP contribution is -2.49. The Hall–Kier alpha value is -1.70. The van der Waals surface area contributed by atoms with Crippen LogP contribution in [-0.2, 0) is 11.2 Å². The monoisotopic (exact) mass is 443 g/mol. The number of carbonyl (C=O) groups excluding carboxylic acids is 1. The molecule has 2 aromatic carbocycles. The zero-order chi connectivity index (χ0) is 20.2. The van der Waals surface area contributed by atoms with Gasteiger partial charge in [-0.2, -0.15) is 0 Å². The van der Waals surface area contributed by atoms with Crippen molar-refractivity contribution in [3.05, 3.63) is 48.0 Å². The first-order chi connectivity index (χ1) is 14.2. The summed E-state index contributed by atoms with van der Waals surface area (Å²) in [5.74, 6) is 1.28. The number of hydrogen-bond acceptors (Lipinski definition) is 6. The van der Waals surface area contributed by atoms with E-state index in [9.17, 15) is 4.79 Å². The van der Waals surface area contributed by atoms with Crippen LogP contribution in [0.5, 0.6) is 0 Å². The molecule has 1 aliphatic heterocycles. The van der Waals surface area contributed by atoms with Crippen LogP contribution < -0.4 is 4.90 Å². The Kier molecular flexibility index (Phi) is 6.67. The molecule has 0 unspecified atom stereocenters. The highest BCUT2D eigenvalue weighted by molar-refractivity contribution is 7.99. The summed E-state index contributed by atoms with van der Waals surface area (Å²) in [6, 6.07) is 14.8. The predicted molar refractivity (Wildman–Crippen MR) is 127 cm³/mol. The van der Waals surface area contributed by atoms with Crippen LogP contribution in [-0.4, -0.2) is 54.0 Å². The zero-order valence-electron chi connectivity index (χ0n) is 16.8. The van der Waals surface area contributed by atoms with Crippen LogP contribution in [0, 0.1) is 0 Å². The highest BCUT2D eigenvalue weighted by Gasteiger charge is 2.23. The van der Waals surface area contributed by atoms with Crippen LogP contribution in [0.25, 0.3) is 10.2 Å². The van der Waals surface area contributed by atoms with Crippen molar-refractivity contribution in [2.45, 2.75) is 23.1 Å². The van der Waals surface area contributed by atoms with E-state index < -0.39 is 0 Å². The van der Waals surface area contributed by atoms with Gasteiger partial charge in [-0.25, -0.2) is 4.98 Å². The molecule has 0 radical (unpaired) electrons. The molecule has 0 saturated carbocycles. The Bertz CT molecular complexity index is 979. The molecule has 152 valence electrons. The van der Waals surface area contributed by atoms with Gasteiger partial charge < -0.3 is 9.80 Å². The summed E-state index contributed by atoms with van der Waals surface area (Å²) in [5.41, 5.74) is 2.15. The van der Waals surface area contributed by atoms with Crippen molar-refractivity contribution in [2.24, 2.45) is 0 Å². The van der Waals surface area contributed by atoms with E-state index in [1.165, 1.54) is 14.5 Å². The molecule has 2 heterocycles. The van der Waals surface area contributed by atoms with Crippen LogP contribution in [0.1, 0.15) is 12.5 Å². The summed E-state index contributed by atoms with van der Waals surface area (Å²) in [6.07, 6.45) is 2.58. The lowest BCUT2D eigenvalue weighted by Gasteiger charge is -2.34. The van der Waals surface area contributed by atoms with Gasteiger partial charge in [0.2, 0.25) is 5.91 Å². The first-order valence-electron chi connectivity index (χ1n) is 9.85. The molecule has 1 amide bonds. The van der Waals surface area contributed by atoms with Gasteiger partial charge in [0.1, 0.15) is 0 Å². The summed E-state index contributed by atoms with van der Waals surface area (Å²) in [6.45, 7) is 5.35. The number of rotatable bonds is 6. The molecular formula is C22H25N3OS3. The number of aromatic nitrogens is 1. The Balaban J connectivity index is 1.34. The van der Waals surface area contributed by atoms with Crippen LogP contribution in [0.3, 0.4) is 0 Å². The van der Waals surface area contributed by atoms with Gasteiger partial charge >= 0.3 is 0 Å². The number of piperazine rings is 1. The smallest absolute Gasteiger partial charge is 0.227 e. The van der Waals surface area contributed by atoms with Crippen LogP contribution in [0.4, 0.5) is 5.13 Å². The van der Waals surface area contributed by atoms with Gasteiger partial charge in [0.15, 0.2) is 5.13 Å². The van der Waals surface area contributed by atoms with Crippen molar-refractivity contribution < 1.29 is 4.79 Å². The maximum absolute atomic E-state index is 12.7. The summed E-state index contributed by atoms with van der Waals surface area (Å²) in [4.78, 5) is 24.4. The number of benzene rings is 2. The van der Waals surface area contributed by atoms with E-state index in [0.29, 0.717) is 6.42 Å². The molecule has 3 aromatic rings. The average Bonchev–Trinajstić information content (AvgIpc) is 3.18. The zero-order valence-corrected chi connectivity index (χ0v) is 19.2. The van der Waals surface area contributed by atoms with Gasteiger partial charge in [-0.1, -0.05) is 30.4 Å². The summed E-state index contributed by atoms with van der Waals surface area (Å²) >= 11 is 5.33. The van der Waals surface area contributed by atoms with Gasteiger partial charge in [0, 0.05) is 36.0 Å². The van der Waals surface area contributed by atoms with E-state index in [2.05, 4.69) is 60.5 Å². The van der Waals surface area contributed by atoms with Gasteiger partial charge in [0.05, 0.1) is 16.6 Å². The molecule has 0 aliphatic carbocycles. The van der Waals surface area contributed by atoms with Crippen molar-refractivity contribution in [3.63, 3.8) is 0 Å². The second kappa shape index (κ2) is 9.41. The molecular weight excluding hydrogens is 418 g/mol. The largest absolute Gasteiger partial charge is 0.345 e. The van der Waals surface area contributed by atoms with E-state index in [0.717, 1.165) is 48.1 Å². The lowest BCUT2D eigenvalue weighted by atomic mass is 10.1. The third-order valence-electron chi connectivity index (χ3n) is 5.08. The fourth-order valence-corrected chi connectivity index (χ4v) is 5.69. The average molecular weight is 444 g/mol. The number of hydrogen-bond donors (Lipinski definition) is 0. The minimum absolute atomic E-state index is 0.217. The summed E-state index contributed by atoms with van der Waals surface area (Å²) in [5, 5.41) is 1.06. The number of carbonyl (C=O) groups is 1. The molecule has 1 aliphatic rings. The molecule has 0 bridgehead atoms. The molecule has 0 N–H and O–H groups in total. The standard InChI is InChI=1S/C22H25N3OS3/c1-3-28-17-6-4-16(5-7-17)14-21(26)24-10-12-25(13-11-24)22-23-19-9-8-18(27-2)15-20(19)29-22/h4-9,15H,3,10-14H2,1-2H3. The maximum atomic E-state index is 12.7. The number of amides is 1. The Morgan fingerprint density at radius 1 is 1.07 bits per heavy atom. The van der Waals surface area contributed by atoms with Crippen LogP contribution in [0.2, 0.25) is 0 Å². The highest BCUT2D eigenvalue weighted by atomic mass is 32.2. The van der Waals surface area contributed by atoms with E-state index in [1.54, 1.807) is 23.1 Å². The van der Waals surface area contributed by atoms with Gasteiger partial charge in [-0.05, 0) is 47.9 Å². The highest BCUT2D eigenvalue weighted by Crippen LogP contribution is 2.32. The first kappa shape index (κ1) is 20.6. The molecule has 1 saturated heterocycles. The first-order valence-corrected chi connectivity index (χ1v) is 12.9. The third kappa shape index (κ3) is 4.90. The Morgan fingerprint density at radius 2 is 1.79 bits per heavy atom. The summed E-state index contributed by atoms with van der Waals surface area (Å²) < 4.78 is 1.23. The van der Waals surface area contributed by atoms with E-state index in [4.69, 9.17) is 4.98 Å². The number of thiazole rings is 1. The Labute approximate surface area is 184 Å². The molecule has 0 spiro atoms. The van der Waals surface area contributed by atoms with E-state index in [1.807, 2.05) is 16.7 Å². The third-order valence-corrected chi connectivity index (χ3v) is 7.78. The molecule has 1 aromatic heterocycles. The van der Waals surface area contributed by atoms with Crippen LogP contribution in [0.15, 0.2) is 52.3 Å². The number of thioether (sulfide) groups is 2. The minimum Gasteiger partial charge on any atom is -0.345 e. The van der Waals surface area contributed by atoms with Crippen LogP contribution >= 0.6 is 34.9 Å². The molecule has 29 heavy (non-hydrogen) atoms. The second-order valence-electron chi connectivity index (χ2n) is 6.95. The van der Waals surface area contributed by atoms with Gasteiger partial charge in [-0.3, -0.25) is 4.79 Å². The number of anilines is 1. The quantitative estimate of drug-likeness (QED) is 0.500. The van der Waals surface area contributed by atoms with Crippen molar-refractivity contribution >= 4 is 56.1 Å². The van der Waals surface area contributed by atoms with Crippen molar-refractivity contribution in [3.8, 4) is 0 Å². The number of fused-ring (bicyclic) bond motifs is 1. The Morgan fingerprint density at radius 3 is 2.48 bits per heavy atom. The SMILES string of the molecule is CCSc1ccc(CC(=O)N2CCN(c3nc4ccc(SC)cc4s3)CC2)cc1. The predicted octanol–water partition coefficient (Wildman–Crippen LogP) is 5.02. The molecule has 0 atom stereocenters. The van der Waals surface area contributed by atoms with Gasteiger partial charge in [-0.15, -0.1) is 23.5 Å². The maximum Gasteiger partial charge on any atom is 0.227 e. The molecule has 4 nitrogen and oxygen atoms in total. The minimum atomic E-state index is 0.217. The molecule has 4 rings (SSSR count). The number of nitrogens with zero attached hydrogens (tertiary/aromatic N) is 3. The lowest BCUT2D eigenvalue weighted by molar-refractivity contribution is -0.130. The van der Waals surface area contributed by atoms with Crippen molar-refractivity contribution in [1.82, 2.24) is 9.88 Å². The summed E-state index contributed by atoms with van der Waals surface area (Å²) in [7, 11) is 0. The van der Waals surface area contributed by atoms with Crippen molar-refractivity contribution in [2.75, 3.05) is 43.1 Å². The van der Waals surface area contributed by atoms with Crippen molar-refractivity contribution in [1.29, 1.82) is 0 Å². The normalized spacial score (nSPS) is 14.6.